The number of carbonyl (C=O) groups excluding carboxylic acids is 1. The molecule has 2 aromatic carbocycles. The van der Waals surface area contributed by atoms with Crippen LogP contribution in [0.4, 0.5) is 4.39 Å². The predicted octanol–water partition coefficient (Wildman–Crippen LogP) is 3.76. The standard InChI is InChI=1S/C16H15BrFNO/c1-11-3-2-4-12(7-11)8-16(20)19-10-13-9-14(17)5-6-15(13)18/h2-7,9H,8,10H2,1H3,(H,19,20). The summed E-state index contributed by atoms with van der Waals surface area (Å²) in [6.45, 7) is 2.17. The van der Waals surface area contributed by atoms with Crippen molar-refractivity contribution in [2.75, 3.05) is 0 Å². The fourth-order valence-electron chi connectivity index (χ4n) is 1.94. The van der Waals surface area contributed by atoms with Crippen LogP contribution in [-0.4, -0.2) is 5.91 Å². The molecule has 0 spiro atoms. The number of hydrogen-bond acceptors (Lipinski definition) is 1. The summed E-state index contributed by atoms with van der Waals surface area (Å²) in [6, 6.07) is 12.5. The summed E-state index contributed by atoms with van der Waals surface area (Å²) in [5.41, 5.74) is 2.54. The summed E-state index contributed by atoms with van der Waals surface area (Å²) < 4.78 is 14.3. The van der Waals surface area contributed by atoms with Gasteiger partial charge in [-0.15, -0.1) is 0 Å². The van der Waals surface area contributed by atoms with Crippen LogP contribution in [0, 0.1) is 12.7 Å². The summed E-state index contributed by atoms with van der Waals surface area (Å²) in [7, 11) is 0. The first-order valence-corrected chi connectivity index (χ1v) is 7.10. The normalized spacial score (nSPS) is 10.3. The molecule has 0 heterocycles. The lowest BCUT2D eigenvalue weighted by Crippen LogP contribution is -2.25. The highest BCUT2D eigenvalue weighted by molar-refractivity contribution is 9.10. The zero-order chi connectivity index (χ0) is 14.5. The van der Waals surface area contributed by atoms with Crippen LogP contribution in [0.3, 0.4) is 0 Å². The van der Waals surface area contributed by atoms with Crippen LogP contribution in [0.5, 0.6) is 0 Å². The molecule has 4 heteroatoms. The number of nitrogens with one attached hydrogen (secondary N) is 1. The highest BCUT2D eigenvalue weighted by atomic mass is 79.9. The average molecular weight is 336 g/mol. The average Bonchev–Trinajstić information content (AvgIpc) is 2.40. The molecule has 0 radical (unpaired) electrons. The number of halogens is 2. The monoisotopic (exact) mass is 335 g/mol. The molecule has 2 aromatic rings. The van der Waals surface area contributed by atoms with Crippen LogP contribution >= 0.6 is 15.9 Å². The lowest BCUT2D eigenvalue weighted by atomic mass is 10.1. The molecule has 1 amide bonds. The third-order valence-electron chi connectivity index (χ3n) is 2.93. The molecule has 0 unspecified atom stereocenters. The van der Waals surface area contributed by atoms with E-state index in [1.165, 1.54) is 6.07 Å². The molecule has 0 aromatic heterocycles. The lowest BCUT2D eigenvalue weighted by molar-refractivity contribution is -0.120. The maximum absolute atomic E-state index is 13.5. The number of aryl methyl sites for hydroxylation is 1. The van der Waals surface area contributed by atoms with Gasteiger partial charge in [0.2, 0.25) is 5.91 Å². The minimum absolute atomic E-state index is 0.116. The van der Waals surface area contributed by atoms with Crippen molar-refractivity contribution >= 4 is 21.8 Å². The molecule has 0 fully saturated rings. The Kier molecular flexibility index (Phi) is 4.90. The van der Waals surface area contributed by atoms with E-state index < -0.39 is 0 Å². The maximum Gasteiger partial charge on any atom is 0.224 e. The SMILES string of the molecule is Cc1cccc(CC(=O)NCc2cc(Br)ccc2F)c1. The summed E-state index contributed by atoms with van der Waals surface area (Å²) in [5, 5.41) is 2.74. The van der Waals surface area contributed by atoms with Gasteiger partial charge in [-0.2, -0.15) is 0 Å². The van der Waals surface area contributed by atoms with Gasteiger partial charge in [0, 0.05) is 16.6 Å². The summed E-state index contributed by atoms with van der Waals surface area (Å²) >= 11 is 3.29. The van der Waals surface area contributed by atoms with E-state index in [1.807, 2.05) is 31.2 Å². The Morgan fingerprint density at radius 2 is 2.05 bits per heavy atom. The number of carbonyl (C=O) groups is 1. The molecule has 0 aliphatic rings. The van der Waals surface area contributed by atoms with Crippen molar-refractivity contribution in [3.05, 3.63) is 69.4 Å². The molecule has 2 nitrogen and oxygen atoms in total. The van der Waals surface area contributed by atoms with Crippen molar-refractivity contribution in [1.82, 2.24) is 5.32 Å². The number of amides is 1. The number of hydrogen-bond donors (Lipinski definition) is 1. The van der Waals surface area contributed by atoms with Crippen LogP contribution in [-0.2, 0) is 17.8 Å². The van der Waals surface area contributed by atoms with Crippen molar-refractivity contribution in [2.45, 2.75) is 19.9 Å². The Balaban J connectivity index is 1.94. The highest BCUT2D eigenvalue weighted by Gasteiger charge is 2.06. The van der Waals surface area contributed by atoms with E-state index in [9.17, 15) is 9.18 Å². The zero-order valence-electron chi connectivity index (χ0n) is 11.1. The largest absolute Gasteiger partial charge is 0.352 e. The second kappa shape index (κ2) is 6.66. The van der Waals surface area contributed by atoms with E-state index in [1.54, 1.807) is 12.1 Å². The van der Waals surface area contributed by atoms with Gasteiger partial charge in [0.1, 0.15) is 5.82 Å². The first-order valence-electron chi connectivity index (χ1n) is 6.31. The summed E-state index contributed by atoms with van der Waals surface area (Å²) in [5.74, 6) is -0.431. The number of rotatable bonds is 4. The molecule has 104 valence electrons. The Hall–Kier alpha value is -1.68. The molecule has 0 saturated heterocycles. The van der Waals surface area contributed by atoms with E-state index in [0.717, 1.165) is 15.6 Å². The smallest absolute Gasteiger partial charge is 0.224 e. The third kappa shape index (κ3) is 4.17. The van der Waals surface area contributed by atoms with E-state index in [0.29, 0.717) is 12.0 Å². The van der Waals surface area contributed by atoms with Gasteiger partial charge in [-0.25, -0.2) is 4.39 Å². The minimum atomic E-state index is -0.316. The van der Waals surface area contributed by atoms with Gasteiger partial charge in [-0.1, -0.05) is 45.8 Å². The Bertz CT molecular complexity index is 628. The predicted molar refractivity (Wildman–Crippen MR) is 80.8 cm³/mol. The molecule has 0 atom stereocenters. The third-order valence-corrected chi connectivity index (χ3v) is 3.42. The topological polar surface area (TPSA) is 29.1 Å². The maximum atomic E-state index is 13.5. The number of benzene rings is 2. The van der Waals surface area contributed by atoms with Crippen molar-refractivity contribution < 1.29 is 9.18 Å². The fourth-order valence-corrected chi connectivity index (χ4v) is 2.35. The first-order chi connectivity index (χ1) is 9.54. The fraction of sp³-hybridized carbons (Fsp3) is 0.188. The van der Waals surface area contributed by atoms with Gasteiger partial charge in [0.15, 0.2) is 0 Å². The van der Waals surface area contributed by atoms with Crippen molar-refractivity contribution in [1.29, 1.82) is 0 Å². The van der Waals surface area contributed by atoms with Gasteiger partial charge in [0.05, 0.1) is 6.42 Å². The van der Waals surface area contributed by atoms with Gasteiger partial charge in [0.25, 0.3) is 0 Å². The molecule has 0 bridgehead atoms. The second-order valence-corrected chi connectivity index (χ2v) is 5.59. The highest BCUT2D eigenvalue weighted by Crippen LogP contribution is 2.15. The first kappa shape index (κ1) is 14.7. The van der Waals surface area contributed by atoms with Crippen LogP contribution in [0.1, 0.15) is 16.7 Å². The van der Waals surface area contributed by atoms with E-state index in [-0.39, 0.29) is 18.3 Å². The molecule has 1 N–H and O–H groups in total. The molecular weight excluding hydrogens is 321 g/mol. The molecule has 0 aliphatic carbocycles. The molecule has 2 rings (SSSR count). The van der Waals surface area contributed by atoms with Gasteiger partial charge in [-0.3, -0.25) is 4.79 Å². The van der Waals surface area contributed by atoms with Crippen molar-refractivity contribution in [2.24, 2.45) is 0 Å². The molecular formula is C16H15BrFNO. The molecule has 0 aliphatic heterocycles. The van der Waals surface area contributed by atoms with Crippen LogP contribution in [0.15, 0.2) is 46.9 Å². The van der Waals surface area contributed by atoms with E-state index in [2.05, 4.69) is 21.2 Å². The molecule has 20 heavy (non-hydrogen) atoms. The zero-order valence-corrected chi connectivity index (χ0v) is 12.7. The Morgan fingerprint density at radius 3 is 2.80 bits per heavy atom. The van der Waals surface area contributed by atoms with Gasteiger partial charge >= 0.3 is 0 Å². The van der Waals surface area contributed by atoms with Crippen LogP contribution in [0.2, 0.25) is 0 Å². The van der Waals surface area contributed by atoms with E-state index in [4.69, 9.17) is 0 Å². The minimum Gasteiger partial charge on any atom is -0.352 e. The van der Waals surface area contributed by atoms with Gasteiger partial charge < -0.3 is 5.32 Å². The lowest BCUT2D eigenvalue weighted by Gasteiger charge is -2.07. The van der Waals surface area contributed by atoms with Crippen LogP contribution in [0.25, 0.3) is 0 Å². The Morgan fingerprint density at radius 1 is 1.25 bits per heavy atom. The van der Waals surface area contributed by atoms with E-state index >= 15 is 0 Å². The summed E-state index contributed by atoms with van der Waals surface area (Å²) in [6.07, 6.45) is 0.303. The Labute approximate surface area is 126 Å². The molecule has 0 saturated carbocycles. The quantitative estimate of drug-likeness (QED) is 0.905. The summed E-state index contributed by atoms with van der Waals surface area (Å²) in [4.78, 5) is 11.8. The second-order valence-electron chi connectivity index (χ2n) is 4.68. The van der Waals surface area contributed by atoms with Crippen LogP contribution < -0.4 is 5.32 Å². The van der Waals surface area contributed by atoms with Gasteiger partial charge in [-0.05, 0) is 30.7 Å². The van der Waals surface area contributed by atoms with Crippen molar-refractivity contribution in [3.8, 4) is 0 Å². The van der Waals surface area contributed by atoms with Crippen molar-refractivity contribution in [3.63, 3.8) is 0 Å².